The Morgan fingerprint density at radius 1 is 1.35 bits per heavy atom. The Morgan fingerprint density at radius 2 is 2.12 bits per heavy atom. The van der Waals surface area contributed by atoms with E-state index in [1.165, 1.54) is 25.1 Å². The third kappa shape index (κ3) is 2.08. The molecule has 94 valence electrons. The van der Waals surface area contributed by atoms with Crippen molar-refractivity contribution >= 4 is 35.6 Å². The molecule has 1 aromatic rings. The number of likely N-dealkylation sites (N-methyl/N-ethyl adjacent to an activating group) is 1. The van der Waals surface area contributed by atoms with Crippen LogP contribution in [0.4, 0.5) is 0 Å². The zero-order valence-corrected chi connectivity index (χ0v) is 12.1. The largest absolute Gasteiger partial charge is 0.302 e. The molecule has 0 spiro atoms. The molecular formula is C13H16Cl3N. The van der Waals surface area contributed by atoms with Crippen LogP contribution in [-0.4, -0.2) is 24.5 Å². The maximum Gasteiger partial charge on any atom is 0.0595 e. The lowest BCUT2D eigenvalue weighted by atomic mass is 9.95. The fraction of sp³-hybridized carbons (Fsp3) is 0.538. The Kier molecular flexibility index (Phi) is 3.66. The second-order valence-electron chi connectivity index (χ2n) is 5.01. The number of rotatable bonds is 2. The molecule has 2 aliphatic rings. The fourth-order valence-electron chi connectivity index (χ4n) is 3.08. The predicted molar refractivity (Wildman–Crippen MR) is 75.6 cm³/mol. The van der Waals surface area contributed by atoms with E-state index in [2.05, 4.69) is 24.0 Å². The van der Waals surface area contributed by atoms with Crippen LogP contribution in [0.2, 0.25) is 10.0 Å². The predicted octanol–water partition coefficient (Wildman–Crippen LogP) is 4.01. The van der Waals surface area contributed by atoms with Crippen LogP contribution in [-0.2, 0) is 5.41 Å². The van der Waals surface area contributed by atoms with E-state index in [4.69, 9.17) is 23.2 Å². The molecule has 1 saturated heterocycles. The van der Waals surface area contributed by atoms with Crippen molar-refractivity contribution in [2.45, 2.75) is 18.8 Å². The van der Waals surface area contributed by atoms with Gasteiger partial charge in [0, 0.05) is 18.5 Å². The van der Waals surface area contributed by atoms with Crippen molar-refractivity contribution < 1.29 is 0 Å². The van der Waals surface area contributed by atoms with Crippen molar-refractivity contribution in [1.82, 2.24) is 4.90 Å². The van der Waals surface area contributed by atoms with Gasteiger partial charge in [0.05, 0.1) is 10.0 Å². The van der Waals surface area contributed by atoms with Gasteiger partial charge in [0.2, 0.25) is 0 Å². The van der Waals surface area contributed by atoms with Crippen molar-refractivity contribution in [2.75, 3.05) is 19.6 Å². The maximum absolute atomic E-state index is 6.10. The highest BCUT2D eigenvalue weighted by molar-refractivity contribution is 6.42. The van der Waals surface area contributed by atoms with Gasteiger partial charge in [-0.2, -0.15) is 0 Å². The standard InChI is InChI=1S/C13H15Cl2N.ClH/c1-2-16-7-10-6-13(10,8-16)9-3-4-11(14)12(15)5-9;/h3-5,10H,2,6-8H2,1H3;1H/t10-,13+;/m0./s1. The first-order valence-electron chi connectivity index (χ1n) is 5.83. The second kappa shape index (κ2) is 4.62. The number of likely N-dealkylation sites (tertiary alicyclic amines) is 1. The number of nitrogens with zero attached hydrogens (tertiary/aromatic N) is 1. The van der Waals surface area contributed by atoms with Crippen LogP contribution in [0.15, 0.2) is 18.2 Å². The summed E-state index contributed by atoms with van der Waals surface area (Å²) in [5.74, 6) is 0.838. The van der Waals surface area contributed by atoms with Gasteiger partial charge in [0.15, 0.2) is 0 Å². The van der Waals surface area contributed by atoms with Crippen molar-refractivity contribution in [2.24, 2.45) is 5.92 Å². The summed E-state index contributed by atoms with van der Waals surface area (Å²) in [6.07, 6.45) is 1.32. The molecule has 0 amide bonds. The first-order valence-corrected chi connectivity index (χ1v) is 6.59. The summed E-state index contributed by atoms with van der Waals surface area (Å²) in [5, 5.41) is 1.35. The molecule has 0 N–H and O–H groups in total. The topological polar surface area (TPSA) is 3.24 Å². The quantitative estimate of drug-likeness (QED) is 0.796. The van der Waals surface area contributed by atoms with Crippen LogP contribution in [0.5, 0.6) is 0 Å². The van der Waals surface area contributed by atoms with E-state index in [9.17, 15) is 0 Å². The van der Waals surface area contributed by atoms with Crippen molar-refractivity contribution in [3.05, 3.63) is 33.8 Å². The minimum atomic E-state index is 0. The SMILES string of the molecule is CCN1C[C@@H]2C[C@]2(c2ccc(Cl)c(Cl)c2)C1.Cl. The van der Waals surface area contributed by atoms with E-state index in [0.29, 0.717) is 15.5 Å². The molecule has 0 aromatic heterocycles. The van der Waals surface area contributed by atoms with Crippen LogP contribution in [0.25, 0.3) is 0 Å². The average molecular weight is 293 g/mol. The first kappa shape index (κ1) is 13.5. The molecule has 2 fully saturated rings. The summed E-state index contributed by atoms with van der Waals surface area (Å²) in [4.78, 5) is 2.52. The highest BCUT2D eigenvalue weighted by atomic mass is 35.5. The molecule has 1 aliphatic heterocycles. The molecule has 4 heteroatoms. The highest BCUT2D eigenvalue weighted by Gasteiger charge is 2.60. The zero-order valence-electron chi connectivity index (χ0n) is 9.75. The Bertz CT molecular complexity index is 435. The number of halogens is 3. The lowest BCUT2D eigenvalue weighted by Gasteiger charge is -2.19. The summed E-state index contributed by atoms with van der Waals surface area (Å²) in [6, 6.07) is 6.13. The van der Waals surface area contributed by atoms with E-state index >= 15 is 0 Å². The molecule has 0 unspecified atom stereocenters. The van der Waals surface area contributed by atoms with E-state index < -0.39 is 0 Å². The van der Waals surface area contributed by atoms with Crippen LogP contribution >= 0.6 is 35.6 Å². The molecule has 1 heterocycles. The molecule has 1 aliphatic carbocycles. The Morgan fingerprint density at radius 3 is 2.71 bits per heavy atom. The summed E-state index contributed by atoms with van der Waals surface area (Å²) in [5.41, 5.74) is 1.77. The minimum Gasteiger partial charge on any atom is -0.302 e. The molecule has 1 nitrogen and oxygen atoms in total. The molecule has 17 heavy (non-hydrogen) atoms. The number of fused-ring (bicyclic) bond motifs is 1. The smallest absolute Gasteiger partial charge is 0.0595 e. The van der Waals surface area contributed by atoms with Gasteiger partial charge in [-0.15, -0.1) is 12.4 Å². The van der Waals surface area contributed by atoms with E-state index in [0.717, 1.165) is 12.5 Å². The van der Waals surface area contributed by atoms with Crippen molar-refractivity contribution in [3.63, 3.8) is 0 Å². The lowest BCUT2D eigenvalue weighted by Crippen LogP contribution is -2.26. The molecule has 2 atom stereocenters. The van der Waals surface area contributed by atoms with Gasteiger partial charge >= 0.3 is 0 Å². The molecule has 1 aromatic carbocycles. The Labute approximate surface area is 118 Å². The van der Waals surface area contributed by atoms with Crippen molar-refractivity contribution in [3.8, 4) is 0 Å². The van der Waals surface area contributed by atoms with Gasteiger partial charge in [-0.05, 0) is 36.6 Å². The van der Waals surface area contributed by atoms with Gasteiger partial charge in [-0.25, -0.2) is 0 Å². The van der Waals surface area contributed by atoms with Gasteiger partial charge < -0.3 is 4.90 Å². The van der Waals surface area contributed by atoms with Crippen LogP contribution in [0.1, 0.15) is 18.9 Å². The van der Waals surface area contributed by atoms with Crippen LogP contribution in [0, 0.1) is 5.92 Å². The summed E-state index contributed by atoms with van der Waals surface area (Å²) >= 11 is 12.1. The summed E-state index contributed by atoms with van der Waals surface area (Å²) in [7, 11) is 0. The average Bonchev–Trinajstić information content (AvgIpc) is 2.86. The van der Waals surface area contributed by atoms with Gasteiger partial charge in [0.25, 0.3) is 0 Å². The van der Waals surface area contributed by atoms with E-state index in [1.54, 1.807) is 0 Å². The van der Waals surface area contributed by atoms with Gasteiger partial charge in [-0.3, -0.25) is 0 Å². The molecule has 0 radical (unpaired) electrons. The number of hydrogen-bond donors (Lipinski definition) is 0. The van der Waals surface area contributed by atoms with Crippen LogP contribution < -0.4 is 0 Å². The zero-order chi connectivity index (χ0) is 11.3. The molecule has 3 rings (SSSR count). The van der Waals surface area contributed by atoms with Crippen LogP contribution in [0.3, 0.4) is 0 Å². The molecule has 1 saturated carbocycles. The first-order chi connectivity index (χ1) is 7.65. The third-order valence-corrected chi connectivity index (χ3v) is 4.90. The third-order valence-electron chi connectivity index (χ3n) is 4.16. The van der Waals surface area contributed by atoms with Gasteiger partial charge in [-0.1, -0.05) is 36.2 Å². The molecular weight excluding hydrogens is 277 g/mol. The highest BCUT2D eigenvalue weighted by Crippen LogP contribution is 2.59. The summed E-state index contributed by atoms with van der Waals surface area (Å²) < 4.78 is 0. The summed E-state index contributed by atoms with van der Waals surface area (Å²) in [6.45, 7) is 5.82. The lowest BCUT2D eigenvalue weighted by molar-refractivity contribution is 0.314. The van der Waals surface area contributed by atoms with E-state index in [1.807, 2.05) is 6.07 Å². The number of hydrogen-bond acceptors (Lipinski definition) is 1. The van der Waals surface area contributed by atoms with Crippen molar-refractivity contribution in [1.29, 1.82) is 0 Å². The second-order valence-corrected chi connectivity index (χ2v) is 5.83. The fourth-order valence-corrected chi connectivity index (χ4v) is 3.38. The Hall–Kier alpha value is 0.0500. The monoisotopic (exact) mass is 291 g/mol. The minimum absolute atomic E-state index is 0. The Balaban J connectivity index is 0.00000108. The molecule has 0 bridgehead atoms. The maximum atomic E-state index is 6.10. The number of piperidine rings is 1. The van der Waals surface area contributed by atoms with E-state index in [-0.39, 0.29) is 12.4 Å². The normalized spacial score (nSPS) is 30.9. The number of benzene rings is 1. The van der Waals surface area contributed by atoms with Gasteiger partial charge in [0.1, 0.15) is 0 Å².